The Morgan fingerprint density at radius 2 is 1.74 bits per heavy atom. The van der Waals surface area contributed by atoms with Gasteiger partial charge in [-0.2, -0.15) is 0 Å². The van der Waals surface area contributed by atoms with Gasteiger partial charge in [0.05, 0.1) is 30.0 Å². The molecule has 8 fully saturated rings. The van der Waals surface area contributed by atoms with Gasteiger partial charge in [-0.1, -0.05) is 13.8 Å². The van der Waals surface area contributed by atoms with Crippen LogP contribution in [0.2, 0.25) is 0 Å². The number of ether oxygens (including phenoxy) is 2. The van der Waals surface area contributed by atoms with Crippen molar-refractivity contribution in [2.45, 2.75) is 146 Å². The Hall–Kier alpha value is -0.770. The lowest BCUT2D eigenvalue weighted by molar-refractivity contribution is -0.287. The summed E-state index contributed by atoms with van der Waals surface area (Å²) < 4.78 is 11.5. The first kappa shape index (κ1) is 29.9. The average Bonchev–Trinajstić information content (AvgIpc) is 3.25. The van der Waals surface area contributed by atoms with Crippen molar-refractivity contribution in [1.29, 1.82) is 0 Å². The van der Waals surface area contributed by atoms with Gasteiger partial charge in [-0.25, -0.2) is 0 Å². The average molecular weight is 591 g/mol. The standard InChI is InChI=1S/C34H54O8/c1-31-9-8-23(35)11-22(31)12-26(36)29-24-7-6-21(32(24,2)27(37)13-25(29)31)4-3-5-28(38)41-18-42-34-15-19-10-20(30(34)39)16-33(40,14-19)17-34/h19-27,29-30,35-37,39-40H,3-18H2,1-2H3/t19?,20?,21?,22?,23-,24?,25?,26-,27+,29?,30?,31+,32-,33?,34?/m1/s1. The number of esters is 1. The van der Waals surface area contributed by atoms with Gasteiger partial charge in [0.15, 0.2) is 6.79 Å². The predicted molar refractivity (Wildman–Crippen MR) is 154 cm³/mol. The molecule has 8 aliphatic carbocycles. The molecule has 8 aliphatic rings. The van der Waals surface area contributed by atoms with E-state index in [2.05, 4.69) is 13.8 Å². The number of aliphatic hydroxyl groups excluding tert-OH is 4. The van der Waals surface area contributed by atoms with Crippen molar-refractivity contribution in [2.24, 2.45) is 52.3 Å². The monoisotopic (exact) mass is 590 g/mol. The number of fused-ring (bicyclic) bond motifs is 5. The van der Waals surface area contributed by atoms with E-state index >= 15 is 0 Å². The summed E-state index contributed by atoms with van der Waals surface area (Å²) in [5.41, 5.74) is -1.76. The highest BCUT2D eigenvalue weighted by Gasteiger charge is 2.65. The zero-order valence-corrected chi connectivity index (χ0v) is 25.6. The summed E-state index contributed by atoms with van der Waals surface area (Å²) in [6.07, 6.45) is 9.67. The van der Waals surface area contributed by atoms with Crippen molar-refractivity contribution in [2.75, 3.05) is 6.79 Å². The number of aliphatic hydroxyl groups is 5. The quantitative estimate of drug-likeness (QED) is 0.224. The van der Waals surface area contributed by atoms with Crippen LogP contribution in [0.5, 0.6) is 0 Å². The molecule has 238 valence electrons. The lowest BCUT2D eigenvalue weighted by Crippen LogP contribution is -2.67. The molecular weight excluding hydrogens is 536 g/mol. The van der Waals surface area contributed by atoms with E-state index in [1.165, 1.54) is 0 Å². The Balaban J connectivity index is 0.926. The lowest BCUT2D eigenvalue weighted by atomic mass is 9.43. The minimum absolute atomic E-state index is 0.0588. The molecule has 0 aromatic carbocycles. The van der Waals surface area contributed by atoms with E-state index < -0.39 is 23.4 Å². The highest BCUT2D eigenvalue weighted by molar-refractivity contribution is 5.69. The number of carbonyl (C=O) groups is 1. The van der Waals surface area contributed by atoms with Crippen molar-refractivity contribution in [1.82, 2.24) is 0 Å². The van der Waals surface area contributed by atoms with Gasteiger partial charge in [-0.05, 0) is 136 Å². The van der Waals surface area contributed by atoms with Gasteiger partial charge >= 0.3 is 5.97 Å². The minimum atomic E-state index is -0.806. The third kappa shape index (κ3) is 4.55. The second-order valence-electron chi connectivity index (χ2n) is 16.7. The molecule has 8 saturated carbocycles. The van der Waals surface area contributed by atoms with Gasteiger partial charge in [-0.15, -0.1) is 0 Å². The van der Waals surface area contributed by atoms with Crippen LogP contribution in [0.25, 0.3) is 0 Å². The topological polar surface area (TPSA) is 137 Å². The molecule has 0 aromatic heterocycles. The summed E-state index contributed by atoms with van der Waals surface area (Å²) in [6, 6.07) is 0. The molecule has 0 amide bonds. The molecule has 0 aromatic rings. The number of carbonyl (C=O) groups excluding carboxylic acids is 1. The summed E-state index contributed by atoms with van der Waals surface area (Å²) in [6.45, 7) is 4.40. The Morgan fingerprint density at radius 3 is 2.52 bits per heavy atom. The van der Waals surface area contributed by atoms with E-state index in [9.17, 15) is 30.3 Å². The van der Waals surface area contributed by atoms with Gasteiger partial charge in [-0.3, -0.25) is 4.79 Å². The first-order valence-corrected chi connectivity index (χ1v) is 17.1. The van der Waals surface area contributed by atoms with Crippen LogP contribution in [0.3, 0.4) is 0 Å². The molecule has 8 nitrogen and oxygen atoms in total. The molecule has 5 N–H and O–H groups in total. The fourth-order valence-corrected chi connectivity index (χ4v) is 12.8. The molecule has 4 bridgehead atoms. The fraction of sp³-hybridized carbons (Fsp3) is 0.971. The van der Waals surface area contributed by atoms with Crippen molar-refractivity contribution in [3.8, 4) is 0 Å². The SMILES string of the molecule is C[C@]12CC[C@@H](O)CC1C[C@@H](O)C1C2C[C@H](O)[C@]2(C)C(CCCC(=O)OCOC34CC5CC(CC(O)(C5)C3)C4O)CCC12. The van der Waals surface area contributed by atoms with Gasteiger partial charge in [0.1, 0.15) is 5.60 Å². The van der Waals surface area contributed by atoms with E-state index in [0.717, 1.165) is 64.2 Å². The van der Waals surface area contributed by atoms with Crippen LogP contribution in [-0.4, -0.2) is 73.9 Å². The lowest BCUT2D eigenvalue weighted by Gasteiger charge is -2.63. The smallest absolute Gasteiger partial charge is 0.307 e. The van der Waals surface area contributed by atoms with Crippen LogP contribution >= 0.6 is 0 Å². The normalized spacial score (nSPS) is 56.0. The molecule has 10 unspecified atom stereocenters. The first-order chi connectivity index (χ1) is 19.9. The Morgan fingerprint density at radius 1 is 0.929 bits per heavy atom. The van der Waals surface area contributed by atoms with E-state index in [-0.39, 0.29) is 65.9 Å². The summed E-state index contributed by atoms with van der Waals surface area (Å²) in [4.78, 5) is 12.7. The Bertz CT molecular complexity index is 1050. The molecule has 0 aliphatic heterocycles. The molecule has 0 radical (unpaired) electrons. The van der Waals surface area contributed by atoms with Gasteiger partial charge in [0.25, 0.3) is 0 Å². The number of hydrogen-bond donors (Lipinski definition) is 5. The molecule has 0 heterocycles. The second-order valence-corrected chi connectivity index (χ2v) is 16.7. The zero-order chi connectivity index (χ0) is 29.7. The Labute approximate surface area is 250 Å². The highest BCUT2D eigenvalue weighted by atomic mass is 16.7. The largest absolute Gasteiger partial charge is 0.438 e. The van der Waals surface area contributed by atoms with Crippen LogP contribution in [0.1, 0.15) is 110 Å². The van der Waals surface area contributed by atoms with Crippen molar-refractivity contribution in [3.63, 3.8) is 0 Å². The summed E-state index contributed by atoms with van der Waals surface area (Å²) >= 11 is 0. The number of rotatable bonds is 7. The molecule has 0 saturated heterocycles. The zero-order valence-electron chi connectivity index (χ0n) is 25.6. The molecular formula is C34H54O8. The van der Waals surface area contributed by atoms with Crippen LogP contribution in [-0.2, 0) is 14.3 Å². The van der Waals surface area contributed by atoms with Crippen molar-refractivity contribution < 1.29 is 39.8 Å². The van der Waals surface area contributed by atoms with Crippen molar-refractivity contribution in [3.05, 3.63) is 0 Å². The maximum atomic E-state index is 12.7. The first-order valence-electron chi connectivity index (χ1n) is 17.1. The van der Waals surface area contributed by atoms with Crippen LogP contribution in [0, 0.1) is 52.3 Å². The van der Waals surface area contributed by atoms with Crippen LogP contribution in [0.4, 0.5) is 0 Å². The molecule has 8 heteroatoms. The van der Waals surface area contributed by atoms with Gasteiger partial charge in [0, 0.05) is 12.8 Å². The summed E-state index contributed by atoms with van der Waals surface area (Å²) in [5.74, 6) is 1.49. The van der Waals surface area contributed by atoms with E-state index in [4.69, 9.17) is 9.47 Å². The molecule has 8 rings (SSSR count). The van der Waals surface area contributed by atoms with E-state index in [1.807, 2.05) is 0 Å². The van der Waals surface area contributed by atoms with Gasteiger partial charge in [0.2, 0.25) is 0 Å². The highest BCUT2D eigenvalue weighted by Crippen LogP contribution is 2.68. The number of hydrogen-bond acceptors (Lipinski definition) is 8. The molecule has 15 atom stereocenters. The minimum Gasteiger partial charge on any atom is -0.438 e. The van der Waals surface area contributed by atoms with Crippen molar-refractivity contribution >= 4 is 5.97 Å². The summed E-state index contributed by atoms with van der Waals surface area (Å²) in [5, 5.41) is 55.3. The van der Waals surface area contributed by atoms with E-state index in [0.29, 0.717) is 43.4 Å². The molecule has 42 heavy (non-hydrogen) atoms. The second kappa shape index (κ2) is 10.4. The summed E-state index contributed by atoms with van der Waals surface area (Å²) in [7, 11) is 0. The Kier molecular flexibility index (Phi) is 7.39. The van der Waals surface area contributed by atoms with Gasteiger partial charge < -0.3 is 35.0 Å². The van der Waals surface area contributed by atoms with Crippen LogP contribution in [0.15, 0.2) is 0 Å². The van der Waals surface area contributed by atoms with E-state index in [1.54, 1.807) is 0 Å². The van der Waals surface area contributed by atoms with Crippen LogP contribution < -0.4 is 0 Å². The molecule has 0 spiro atoms. The fourth-order valence-electron chi connectivity index (χ4n) is 12.8. The predicted octanol–water partition coefficient (Wildman–Crippen LogP) is 3.69. The maximum Gasteiger partial charge on any atom is 0.307 e. The third-order valence-electron chi connectivity index (χ3n) is 14.6. The maximum absolute atomic E-state index is 12.7. The third-order valence-corrected chi connectivity index (χ3v) is 14.6.